The highest BCUT2D eigenvalue weighted by Crippen LogP contribution is 2.25. The third kappa shape index (κ3) is 5.01. The quantitative estimate of drug-likeness (QED) is 0.784. The number of amides is 1. The van der Waals surface area contributed by atoms with E-state index in [1.807, 2.05) is 4.90 Å². The summed E-state index contributed by atoms with van der Waals surface area (Å²) < 4.78 is 23.4. The van der Waals surface area contributed by atoms with E-state index in [4.69, 9.17) is 0 Å². The van der Waals surface area contributed by atoms with Crippen molar-refractivity contribution in [3.63, 3.8) is 0 Å². The van der Waals surface area contributed by atoms with Gasteiger partial charge >= 0.3 is 0 Å². The molecule has 0 saturated carbocycles. The predicted octanol–water partition coefficient (Wildman–Crippen LogP) is 1.55. The van der Waals surface area contributed by atoms with Crippen molar-refractivity contribution in [3.8, 4) is 0 Å². The van der Waals surface area contributed by atoms with Crippen molar-refractivity contribution in [2.24, 2.45) is 0 Å². The number of carbonyl (C=O) groups is 1. The van der Waals surface area contributed by atoms with Crippen molar-refractivity contribution in [1.82, 2.24) is 15.1 Å². The number of nitrogens with zero attached hydrogens (tertiary/aromatic N) is 2. The fraction of sp³-hybridized carbons (Fsp3) is 0.682. The Kier molecular flexibility index (Phi) is 6.27. The molecule has 1 aromatic carbocycles. The van der Waals surface area contributed by atoms with Crippen LogP contribution in [-0.4, -0.2) is 74.4 Å². The lowest BCUT2D eigenvalue weighted by Crippen LogP contribution is -2.53. The molecule has 1 amide bonds. The maximum absolute atomic E-state index is 12.6. The molecule has 0 aromatic heterocycles. The first-order valence-electron chi connectivity index (χ1n) is 11.0. The van der Waals surface area contributed by atoms with Gasteiger partial charge in [0, 0.05) is 38.3 Å². The first-order valence-corrected chi connectivity index (χ1v) is 12.8. The summed E-state index contributed by atoms with van der Waals surface area (Å²) in [6, 6.07) is 7.05. The highest BCUT2D eigenvalue weighted by Gasteiger charge is 2.34. The van der Waals surface area contributed by atoms with Gasteiger partial charge in [-0.05, 0) is 55.7 Å². The van der Waals surface area contributed by atoms with Crippen LogP contribution in [0.15, 0.2) is 18.2 Å². The number of aryl methyl sites for hydroxylation is 2. The maximum Gasteiger partial charge on any atom is 0.236 e. The lowest BCUT2D eigenvalue weighted by atomic mass is 9.89. The van der Waals surface area contributed by atoms with Gasteiger partial charge in [0.1, 0.15) is 0 Å². The standard InChI is InChI=1S/C22H33N3O3S/c1-17(19-7-6-18-4-2-3-5-20(18)14-19)23-15-22(26)25-11-9-24(10-12-25)21-8-13-29(27,28)16-21/h6-7,14,17,21,23H,2-5,8-13,15-16H2,1H3/t17-,21+/m1/s1. The average Bonchev–Trinajstić information content (AvgIpc) is 3.11. The minimum atomic E-state index is -2.86. The largest absolute Gasteiger partial charge is 0.339 e. The van der Waals surface area contributed by atoms with E-state index < -0.39 is 9.84 Å². The van der Waals surface area contributed by atoms with Crippen LogP contribution in [0, 0.1) is 0 Å². The van der Waals surface area contributed by atoms with Gasteiger partial charge in [0.05, 0.1) is 18.1 Å². The van der Waals surface area contributed by atoms with Gasteiger partial charge in [0.15, 0.2) is 9.84 Å². The van der Waals surface area contributed by atoms with E-state index in [9.17, 15) is 13.2 Å². The molecule has 2 heterocycles. The highest BCUT2D eigenvalue weighted by molar-refractivity contribution is 7.91. The molecule has 2 atom stereocenters. The summed E-state index contributed by atoms with van der Waals surface area (Å²) in [4.78, 5) is 16.8. The zero-order chi connectivity index (χ0) is 20.4. The molecule has 0 spiro atoms. The first-order chi connectivity index (χ1) is 13.9. The van der Waals surface area contributed by atoms with Gasteiger partial charge in [-0.25, -0.2) is 8.42 Å². The van der Waals surface area contributed by atoms with Crippen LogP contribution in [0.1, 0.15) is 48.9 Å². The molecule has 0 bridgehead atoms. The predicted molar refractivity (Wildman–Crippen MR) is 115 cm³/mol. The van der Waals surface area contributed by atoms with Gasteiger partial charge < -0.3 is 10.2 Å². The molecule has 0 radical (unpaired) electrons. The van der Waals surface area contributed by atoms with Crippen LogP contribution in [0.25, 0.3) is 0 Å². The van der Waals surface area contributed by atoms with Crippen LogP contribution in [0.4, 0.5) is 0 Å². The molecule has 1 aliphatic carbocycles. The third-order valence-electron chi connectivity index (χ3n) is 6.82. The zero-order valence-electron chi connectivity index (χ0n) is 17.4. The molecule has 29 heavy (non-hydrogen) atoms. The van der Waals surface area contributed by atoms with Crippen LogP contribution in [0.2, 0.25) is 0 Å². The topological polar surface area (TPSA) is 69.7 Å². The summed E-state index contributed by atoms with van der Waals surface area (Å²) in [5, 5.41) is 3.40. The van der Waals surface area contributed by atoms with Crippen LogP contribution >= 0.6 is 0 Å². The molecule has 160 valence electrons. The molecule has 2 fully saturated rings. The molecule has 1 N–H and O–H groups in total. The molecule has 6 nitrogen and oxygen atoms in total. The smallest absolute Gasteiger partial charge is 0.236 e. The van der Waals surface area contributed by atoms with Crippen molar-refractivity contribution in [1.29, 1.82) is 0 Å². The SMILES string of the molecule is C[C@@H](NCC(=O)N1CCN([C@H]2CCS(=O)(=O)C2)CC1)c1ccc2c(c1)CCCC2. The number of nitrogens with one attached hydrogen (secondary N) is 1. The number of rotatable bonds is 5. The normalized spacial score (nSPS) is 25.6. The number of piperazine rings is 1. The number of sulfone groups is 1. The number of hydrogen-bond donors (Lipinski definition) is 1. The first kappa shape index (κ1) is 20.8. The van der Waals surface area contributed by atoms with Gasteiger partial charge in [0.25, 0.3) is 0 Å². The van der Waals surface area contributed by atoms with E-state index in [1.165, 1.54) is 42.4 Å². The van der Waals surface area contributed by atoms with Gasteiger partial charge in [-0.1, -0.05) is 18.2 Å². The third-order valence-corrected chi connectivity index (χ3v) is 8.57. The summed E-state index contributed by atoms with van der Waals surface area (Å²) in [7, 11) is -2.86. The minimum Gasteiger partial charge on any atom is -0.339 e. The van der Waals surface area contributed by atoms with Crippen LogP contribution in [0.5, 0.6) is 0 Å². The Morgan fingerprint density at radius 2 is 1.86 bits per heavy atom. The van der Waals surface area contributed by atoms with Gasteiger partial charge in [-0.15, -0.1) is 0 Å². The van der Waals surface area contributed by atoms with E-state index in [0.29, 0.717) is 25.4 Å². The van der Waals surface area contributed by atoms with Gasteiger partial charge in [-0.2, -0.15) is 0 Å². The molecule has 1 aromatic rings. The second-order valence-corrected chi connectivity index (χ2v) is 11.0. The average molecular weight is 420 g/mol. The van der Waals surface area contributed by atoms with E-state index in [-0.39, 0.29) is 23.7 Å². The Balaban J connectivity index is 1.24. The molecule has 0 unspecified atom stereocenters. The van der Waals surface area contributed by atoms with E-state index in [0.717, 1.165) is 19.5 Å². The highest BCUT2D eigenvalue weighted by atomic mass is 32.2. The molecular formula is C22H33N3O3S. The lowest BCUT2D eigenvalue weighted by Gasteiger charge is -2.37. The molecular weight excluding hydrogens is 386 g/mol. The fourth-order valence-electron chi connectivity index (χ4n) is 4.89. The fourth-order valence-corrected chi connectivity index (χ4v) is 6.65. The van der Waals surface area contributed by atoms with E-state index in [2.05, 4.69) is 35.3 Å². The van der Waals surface area contributed by atoms with Crippen molar-refractivity contribution in [3.05, 3.63) is 34.9 Å². The number of fused-ring (bicyclic) bond motifs is 1. The van der Waals surface area contributed by atoms with Gasteiger partial charge in [0.2, 0.25) is 5.91 Å². The Hall–Kier alpha value is -1.44. The molecule has 3 aliphatic rings. The van der Waals surface area contributed by atoms with Crippen LogP contribution in [0.3, 0.4) is 0 Å². The van der Waals surface area contributed by atoms with E-state index >= 15 is 0 Å². The summed E-state index contributed by atoms with van der Waals surface area (Å²) in [5.41, 5.74) is 4.21. The van der Waals surface area contributed by atoms with Crippen molar-refractivity contribution >= 4 is 15.7 Å². The Labute approximate surface area is 174 Å². The van der Waals surface area contributed by atoms with Crippen molar-refractivity contribution < 1.29 is 13.2 Å². The monoisotopic (exact) mass is 419 g/mol. The minimum absolute atomic E-state index is 0.133. The second-order valence-electron chi connectivity index (χ2n) is 8.81. The van der Waals surface area contributed by atoms with Crippen molar-refractivity contribution in [2.75, 3.05) is 44.2 Å². The molecule has 2 saturated heterocycles. The summed E-state index contributed by atoms with van der Waals surface area (Å²) >= 11 is 0. The maximum atomic E-state index is 12.6. The van der Waals surface area contributed by atoms with Crippen molar-refractivity contribution in [2.45, 2.75) is 51.1 Å². The summed E-state index contributed by atoms with van der Waals surface area (Å²) in [6.07, 6.45) is 5.65. The molecule has 7 heteroatoms. The van der Waals surface area contributed by atoms with E-state index in [1.54, 1.807) is 0 Å². The number of carbonyl (C=O) groups excluding carboxylic acids is 1. The van der Waals surface area contributed by atoms with Crippen LogP contribution in [-0.2, 0) is 27.5 Å². The number of benzene rings is 1. The molecule has 2 aliphatic heterocycles. The lowest BCUT2D eigenvalue weighted by molar-refractivity contribution is -0.132. The Morgan fingerprint density at radius 3 is 2.55 bits per heavy atom. The molecule has 4 rings (SSSR count). The summed E-state index contributed by atoms with van der Waals surface area (Å²) in [6.45, 7) is 5.37. The zero-order valence-corrected chi connectivity index (χ0v) is 18.2. The Bertz CT molecular complexity index is 847. The second kappa shape index (κ2) is 8.74. The summed E-state index contributed by atoms with van der Waals surface area (Å²) in [5.74, 6) is 0.718. The van der Waals surface area contributed by atoms with Gasteiger partial charge in [-0.3, -0.25) is 9.69 Å². The number of hydrogen-bond acceptors (Lipinski definition) is 5. The van der Waals surface area contributed by atoms with Crippen LogP contribution < -0.4 is 5.32 Å². The Morgan fingerprint density at radius 1 is 1.14 bits per heavy atom.